The number of carbonyl (C=O) groups is 2. The minimum absolute atomic E-state index is 0.134. The number of aromatic carboxylic acids is 1. The number of hydrogen-bond acceptors (Lipinski definition) is 2. The lowest BCUT2D eigenvalue weighted by molar-refractivity contribution is -0.103. The second-order valence-electron chi connectivity index (χ2n) is 2.42. The van der Waals surface area contributed by atoms with Gasteiger partial charge in [0.15, 0.2) is 6.29 Å². The third-order valence-electron chi connectivity index (χ3n) is 1.42. The van der Waals surface area contributed by atoms with Crippen LogP contribution in [0.2, 0.25) is 0 Å². The van der Waals surface area contributed by atoms with Crippen LogP contribution < -0.4 is 0 Å². The Balaban J connectivity index is 3.19. The maximum Gasteiger partial charge on any atom is 0.335 e. The summed E-state index contributed by atoms with van der Waals surface area (Å²) in [5.74, 6) is 3.71. The minimum Gasteiger partial charge on any atom is -0.478 e. The van der Waals surface area contributed by atoms with Crippen molar-refractivity contribution in [3.63, 3.8) is 0 Å². The van der Waals surface area contributed by atoms with Crippen LogP contribution in [0.25, 0.3) is 0 Å². The average Bonchev–Trinajstić information content (AvgIpc) is 2.14. The third kappa shape index (κ3) is 2.71. The molecule has 0 aliphatic heterocycles. The lowest BCUT2D eigenvalue weighted by Gasteiger charge is -1.97. The van der Waals surface area contributed by atoms with Gasteiger partial charge in [0.25, 0.3) is 0 Å². The molecule has 0 aliphatic rings. The first-order valence-corrected chi connectivity index (χ1v) is 4.42. The second kappa shape index (κ2) is 4.58. The number of benzene rings is 1. The Morgan fingerprint density at radius 1 is 1.43 bits per heavy atom. The second-order valence-corrected chi connectivity index (χ2v) is 3.34. The van der Waals surface area contributed by atoms with Crippen molar-refractivity contribution in [3.8, 4) is 11.8 Å². The Morgan fingerprint density at radius 3 is 2.71 bits per heavy atom. The molecule has 3 nitrogen and oxygen atoms in total. The van der Waals surface area contributed by atoms with Crippen molar-refractivity contribution in [2.75, 3.05) is 0 Å². The Labute approximate surface area is 88.9 Å². The predicted octanol–water partition coefficient (Wildman–Crippen LogP) is 1.70. The fourth-order valence-corrected chi connectivity index (χ4v) is 1.39. The molecule has 0 bridgehead atoms. The van der Waals surface area contributed by atoms with E-state index in [1.807, 2.05) is 0 Å². The highest BCUT2D eigenvalue weighted by atomic mass is 79.9. The number of aldehydes is 1. The van der Waals surface area contributed by atoms with Crippen molar-refractivity contribution >= 4 is 28.2 Å². The fraction of sp³-hybridized carbons (Fsp3) is 0. The topological polar surface area (TPSA) is 54.4 Å². The summed E-state index contributed by atoms with van der Waals surface area (Å²) < 4.78 is 0.618. The molecule has 0 heterocycles. The van der Waals surface area contributed by atoms with Gasteiger partial charge in [0.1, 0.15) is 0 Å². The zero-order valence-corrected chi connectivity index (χ0v) is 8.54. The molecule has 0 fully saturated rings. The van der Waals surface area contributed by atoms with Crippen LogP contribution in [0, 0.1) is 11.8 Å². The van der Waals surface area contributed by atoms with Gasteiger partial charge < -0.3 is 5.11 Å². The van der Waals surface area contributed by atoms with Gasteiger partial charge in [-0.2, -0.15) is 0 Å². The van der Waals surface area contributed by atoms with Crippen LogP contribution in [-0.4, -0.2) is 17.4 Å². The highest BCUT2D eigenvalue weighted by molar-refractivity contribution is 9.10. The molecular formula is C10H5BrO3. The summed E-state index contributed by atoms with van der Waals surface area (Å²) in [7, 11) is 0. The van der Waals surface area contributed by atoms with Crippen LogP contribution in [-0.2, 0) is 4.79 Å². The van der Waals surface area contributed by atoms with Gasteiger partial charge >= 0.3 is 5.97 Å². The molecule has 0 saturated heterocycles. The molecule has 0 radical (unpaired) electrons. The van der Waals surface area contributed by atoms with E-state index in [1.165, 1.54) is 12.1 Å². The van der Waals surface area contributed by atoms with Gasteiger partial charge in [0.05, 0.1) is 5.56 Å². The molecule has 1 aromatic rings. The maximum absolute atomic E-state index is 10.6. The van der Waals surface area contributed by atoms with Gasteiger partial charge in [0.2, 0.25) is 0 Å². The van der Waals surface area contributed by atoms with Gasteiger partial charge in [0, 0.05) is 10.0 Å². The van der Waals surface area contributed by atoms with Crippen LogP contribution in [0.5, 0.6) is 0 Å². The molecule has 0 saturated carbocycles. The van der Waals surface area contributed by atoms with E-state index >= 15 is 0 Å². The van der Waals surface area contributed by atoms with E-state index in [-0.39, 0.29) is 5.56 Å². The lowest BCUT2D eigenvalue weighted by Crippen LogP contribution is -1.96. The van der Waals surface area contributed by atoms with E-state index in [4.69, 9.17) is 5.11 Å². The van der Waals surface area contributed by atoms with E-state index in [1.54, 1.807) is 6.07 Å². The van der Waals surface area contributed by atoms with E-state index in [2.05, 4.69) is 27.8 Å². The summed E-state index contributed by atoms with van der Waals surface area (Å²) in [6.45, 7) is 0. The summed E-state index contributed by atoms with van der Waals surface area (Å²) in [6.07, 6.45) is 0.460. The summed E-state index contributed by atoms with van der Waals surface area (Å²) in [4.78, 5) is 20.6. The van der Waals surface area contributed by atoms with Gasteiger partial charge in [-0.3, -0.25) is 4.79 Å². The number of rotatable bonds is 1. The molecule has 0 unspecified atom stereocenters. The predicted molar refractivity (Wildman–Crippen MR) is 54.0 cm³/mol. The van der Waals surface area contributed by atoms with E-state index < -0.39 is 5.97 Å². The van der Waals surface area contributed by atoms with Crippen LogP contribution in [0.3, 0.4) is 0 Å². The zero-order valence-electron chi connectivity index (χ0n) is 6.95. The van der Waals surface area contributed by atoms with Crippen molar-refractivity contribution in [2.45, 2.75) is 0 Å². The number of halogens is 1. The molecule has 0 amide bonds. The van der Waals surface area contributed by atoms with Crippen LogP contribution >= 0.6 is 15.9 Å². The summed E-state index contributed by atoms with van der Waals surface area (Å²) >= 11 is 3.15. The largest absolute Gasteiger partial charge is 0.478 e. The molecule has 4 heteroatoms. The zero-order chi connectivity index (χ0) is 10.6. The van der Waals surface area contributed by atoms with E-state index in [9.17, 15) is 9.59 Å². The Bertz CT molecular complexity index is 440. The Hall–Kier alpha value is -1.60. The fourth-order valence-electron chi connectivity index (χ4n) is 0.898. The molecule has 0 aliphatic carbocycles. The molecule has 1 aromatic carbocycles. The van der Waals surface area contributed by atoms with Crippen LogP contribution in [0.4, 0.5) is 0 Å². The monoisotopic (exact) mass is 252 g/mol. The Morgan fingerprint density at radius 2 is 2.14 bits per heavy atom. The lowest BCUT2D eigenvalue weighted by atomic mass is 10.1. The summed E-state index contributed by atoms with van der Waals surface area (Å²) in [6, 6.07) is 4.51. The third-order valence-corrected chi connectivity index (χ3v) is 1.88. The number of carbonyl (C=O) groups excluding carboxylic acids is 1. The number of carboxylic acids is 1. The molecule has 0 aromatic heterocycles. The van der Waals surface area contributed by atoms with Crippen molar-refractivity contribution < 1.29 is 14.7 Å². The van der Waals surface area contributed by atoms with Crippen LogP contribution in [0.15, 0.2) is 22.7 Å². The van der Waals surface area contributed by atoms with Gasteiger partial charge in [-0.05, 0) is 24.1 Å². The highest BCUT2D eigenvalue weighted by Crippen LogP contribution is 2.15. The molecule has 70 valence electrons. The molecular weight excluding hydrogens is 248 g/mol. The quantitative estimate of drug-likeness (QED) is 0.612. The maximum atomic E-state index is 10.6. The standard InChI is InChI=1S/C10H5BrO3/c11-9-5-7(2-1-3-12)4-8(6-9)10(13)14/h3-6H,(H,13,14). The van der Waals surface area contributed by atoms with Crippen molar-refractivity contribution in [3.05, 3.63) is 33.8 Å². The first kappa shape index (κ1) is 10.5. The highest BCUT2D eigenvalue weighted by Gasteiger charge is 2.04. The van der Waals surface area contributed by atoms with E-state index in [0.29, 0.717) is 16.3 Å². The molecule has 0 spiro atoms. The SMILES string of the molecule is O=CC#Cc1cc(Br)cc(C(=O)O)c1. The van der Waals surface area contributed by atoms with Crippen molar-refractivity contribution in [1.82, 2.24) is 0 Å². The number of hydrogen-bond donors (Lipinski definition) is 1. The van der Waals surface area contributed by atoms with Crippen molar-refractivity contribution in [2.24, 2.45) is 0 Å². The summed E-state index contributed by atoms with van der Waals surface area (Å²) in [5, 5.41) is 8.72. The molecule has 14 heavy (non-hydrogen) atoms. The first-order valence-electron chi connectivity index (χ1n) is 3.62. The van der Waals surface area contributed by atoms with Gasteiger partial charge in [-0.1, -0.05) is 21.9 Å². The average molecular weight is 253 g/mol. The summed E-state index contributed by atoms with van der Waals surface area (Å²) in [5.41, 5.74) is 0.624. The van der Waals surface area contributed by atoms with Gasteiger partial charge in [-0.15, -0.1) is 0 Å². The minimum atomic E-state index is -1.03. The molecule has 0 atom stereocenters. The Kier molecular flexibility index (Phi) is 3.43. The van der Waals surface area contributed by atoms with E-state index in [0.717, 1.165) is 0 Å². The normalized spacial score (nSPS) is 8.64. The molecule has 1 rings (SSSR count). The van der Waals surface area contributed by atoms with Crippen molar-refractivity contribution in [1.29, 1.82) is 0 Å². The van der Waals surface area contributed by atoms with Crippen LogP contribution in [0.1, 0.15) is 15.9 Å². The van der Waals surface area contributed by atoms with Gasteiger partial charge in [-0.25, -0.2) is 4.79 Å². The molecule has 1 N–H and O–H groups in total. The number of carboxylic acid groups (broad SMARTS) is 1. The smallest absolute Gasteiger partial charge is 0.335 e. The first-order chi connectivity index (χ1) is 6.63.